The predicted molar refractivity (Wildman–Crippen MR) is 103 cm³/mol. The first-order chi connectivity index (χ1) is 12.5. The zero-order valence-electron chi connectivity index (χ0n) is 14.9. The van der Waals surface area contributed by atoms with Crippen LogP contribution in [-0.2, 0) is 11.8 Å². The fourth-order valence-corrected chi connectivity index (χ4v) is 2.87. The Kier molecular flexibility index (Phi) is 4.84. The van der Waals surface area contributed by atoms with E-state index in [1.807, 2.05) is 38.2 Å². The van der Waals surface area contributed by atoms with Crippen LogP contribution in [0.15, 0.2) is 53.6 Å². The van der Waals surface area contributed by atoms with Crippen LogP contribution < -0.4 is 10.7 Å². The van der Waals surface area contributed by atoms with Crippen molar-refractivity contribution >= 4 is 34.6 Å². The third kappa shape index (κ3) is 3.49. The second kappa shape index (κ2) is 7.23. The number of benzene rings is 2. The summed E-state index contributed by atoms with van der Waals surface area (Å²) in [7, 11) is 2.00. The number of para-hydroxylation sites is 1. The highest BCUT2D eigenvalue weighted by molar-refractivity contribution is 6.02. The van der Waals surface area contributed by atoms with Gasteiger partial charge in [-0.25, -0.2) is 5.43 Å². The molecule has 0 aliphatic rings. The van der Waals surface area contributed by atoms with Gasteiger partial charge in [-0.1, -0.05) is 24.3 Å². The Morgan fingerprint density at radius 3 is 2.65 bits per heavy atom. The number of carbonyl (C=O) groups is 2. The van der Waals surface area contributed by atoms with Gasteiger partial charge in [0.2, 0.25) is 5.91 Å². The summed E-state index contributed by atoms with van der Waals surface area (Å²) in [5, 5.41) is 7.84. The monoisotopic (exact) mass is 348 g/mol. The summed E-state index contributed by atoms with van der Waals surface area (Å²) in [5.74, 6) is -0.529. The minimum atomic E-state index is -0.341. The Labute approximate surface area is 151 Å². The number of amides is 2. The SMILES string of the molecule is CC(=O)Nc1cccc(C(=O)NN=Cc2c(C)n(C)c3ccccc23)c1. The lowest BCUT2D eigenvalue weighted by atomic mass is 10.1. The number of nitrogens with zero attached hydrogens (tertiary/aromatic N) is 2. The highest BCUT2D eigenvalue weighted by atomic mass is 16.2. The number of rotatable bonds is 4. The van der Waals surface area contributed by atoms with Gasteiger partial charge in [-0.15, -0.1) is 0 Å². The van der Waals surface area contributed by atoms with Gasteiger partial charge in [0.25, 0.3) is 5.91 Å². The van der Waals surface area contributed by atoms with E-state index in [2.05, 4.69) is 20.4 Å². The van der Waals surface area contributed by atoms with E-state index in [0.717, 1.165) is 22.2 Å². The van der Waals surface area contributed by atoms with E-state index in [9.17, 15) is 9.59 Å². The number of fused-ring (bicyclic) bond motifs is 1. The average Bonchev–Trinajstić information content (AvgIpc) is 2.86. The molecular formula is C20H20N4O2. The number of nitrogens with one attached hydrogen (secondary N) is 2. The predicted octanol–water partition coefficient (Wildman–Crippen LogP) is 3.21. The van der Waals surface area contributed by atoms with Crippen LogP contribution in [-0.4, -0.2) is 22.6 Å². The summed E-state index contributed by atoms with van der Waals surface area (Å²) in [6, 6.07) is 14.8. The zero-order valence-corrected chi connectivity index (χ0v) is 14.9. The maximum absolute atomic E-state index is 12.3. The molecule has 0 aliphatic carbocycles. The number of aryl methyl sites for hydroxylation is 1. The fourth-order valence-electron chi connectivity index (χ4n) is 2.87. The van der Waals surface area contributed by atoms with Gasteiger partial charge >= 0.3 is 0 Å². The molecule has 2 aromatic carbocycles. The van der Waals surface area contributed by atoms with Gasteiger partial charge in [0.05, 0.1) is 6.21 Å². The van der Waals surface area contributed by atoms with Crippen molar-refractivity contribution in [1.29, 1.82) is 0 Å². The van der Waals surface area contributed by atoms with Crippen molar-refractivity contribution < 1.29 is 9.59 Å². The lowest BCUT2D eigenvalue weighted by Gasteiger charge is -2.04. The van der Waals surface area contributed by atoms with Crippen molar-refractivity contribution in [1.82, 2.24) is 9.99 Å². The number of aromatic nitrogens is 1. The van der Waals surface area contributed by atoms with E-state index in [0.29, 0.717) is 11.3 Å². The van der Waals surface area contributed by atoms with Gasteiger partial charge in [0, 0.05) is 47.4 Å². The summed E-state index contributed by atoms with van der Waals surface area (Å²) in [6.45, 7) is 3.43. The summed E-state index contributed by atoms with van der Waals surface area (Å²) in [5.41, 5.74) is 6.67. The Morgan fingerprint density at radius 1 is 1.12 bits per heavy atom. The van der Waals surface area contributed by atoms with Crippen molar-refractivity contribution in [3.63, 3.8) is 0 Å². The molecule has 0 unspecified atom stereocenters. The van der Waals surface area contributed by atoms with Gasteiger partial charge in [-0.2, -0.15) is 5.10 Å². The summed E-state index contributed by atoms with van der Waals surface area (Å²) in [4.78, 5) is 23.4. The normalized spacial score (nSPS) is 11.0. The van der Waals surface area contributed by atoms with Crippen LogP contribution in [0.4, 0.5) is 5.69 Å². The maximum atomic E-state index is 12.3. The van der Waals surface area contributed by atoms with Crippen LogP contribution in [0.25, 0.3) is 10.9 Å². The first kappa shape index (κ1) is 17.4. The van der Waals surface area contributed by atoms with Gasteiger partial charge < -0.3 is 9.88 Å². The first-order valence-corrected chi connectivity index (χ1v) is 8.22. The summed E-state index contributed by atoms with van der Waals surface area (Å²) < 4.78 is 2.09. The van der Waals surface area contributed by atoms with Gasteiger partial charge in [-0.3, -0.25) is 9.59 Å². The molecule has 0 fully saturated rings. The highest BCUT2D eigenvalue weighted by Gasteiger charge is 2.10. The molecule has 0 saturated heterocycles. The van der Waals surface area contributed by atoms with Crippen molar-refractivity contribution in [3.8, 4) is 0 Å². The quantitative estimate of drug-likeness (QED) is 0.561. The molecular weight excluding hydrogens is 328 g/mol. The molecule has 1 heterocycles. The topological polar surface area (TPSA) is 75.5 Å². The number of carbonyl (C=O) groups excluding carboxylic acids is 2. The number of hydrazone groups is 1. The standard InChI is InChI=1S/C20H20N4O2/c1-13-18(17-9-4-5-10-19(17)24(13)3)12-21-23-20(26)15-7-6-8-16(11-15)22-14(2)25/h4-12H,1-3H3,(H,22,25)(H,23,26). The molecule has 0 spiro atoms. The minimum absolute atomic E-state index is 0.188. The maximum Gasteiger partial charge on any atom is 0.271 e. The van der Waals surface area contributed by atoms with E-state index in [1.54, 1.807) is 30.5 Å². The average molecular weight is 348 g/mol. The third-order valence-corrected chi connectivity index (χ3v) is 4.25. The number of hydrogen-bond donors (Lipinski definition) is 2. The molecule has 0 saturated carbocycles. The van der Waals surface area contributed by atoms with Crippen LogP contribution in [0.5, 0.6) is 0 Å². The zero-order chi connectivity index (χ0) is 18.7. The Bertz CT molecular complexity index is 1020. The van der Waals surface area contributed by atoms with Crippen LogP contribution in [0, 0.1) is 6.92 Å². The third-order valence-electron chi connectivity index (χ3n) is 4.25. The molecule has 6 heteroatoms. The van der Waals surface area contributed by atoms with E-state index in [4.69, 9.17) is 0 Å². The van der Waals surface area contributed by atoms with E-state index in [-0.39, 0.29) is 11.8 Å². The molecule has 1 aromatic heterocycles. The lowest BCUT2D eigenvalue weighted by Crippen LogP contribution is -2.18. The highest BCUT2D eigenvalue weighted by Crippen LogP contribution is 2.23. The molecule has 0 atom stereocenters. The minimum Gasteiger partial charge on any atom is -0.347 e. The van der Waals surface area contributed by atoms with Gasteiger partial charge in [0.1, 0.15) is 0 Å². The molecule has 0 bridgehead atoms. The molecule has 0 radical (unpaired) electrons. The van der Waals surface area contributed by atoms with E-state index >= 15 is 0 Å². The van der Waals surface area contributed by atoms with Gasteiger partial charge in [0.15, 0.2) is 0 Å². The number of anilines is 1. The molecule has 3 rings (SSSR count). The lowest BCUT2D eigenvalue weighted by molar-refractivity contribution is -0.114. The molecule has 3 aromatic rings. The van der Waals surface area contributed by atoms with Crippen molar-refractivity contribution in [2.45, 2.75) is 13.8 Å². The summed E-state index contributed by atoms with van der Waals surface area (Å²) in [6.07, 6.45) is 1.66. The van der Waals surface area contributed by atoms with Crippen LogP contribution in [0.2, 0.25) is 0 Å². The van der Waals surface area contributed by atoms with Crippen molar-refractivity contribution in [2.24, 2.45) is 12.1 Å². The van der Waals surface area contributed by atoms with E-state index in [1.165, 1.54) is 6.92 Å². The Morgan fingerprint density at radius 2 is 1.88 bits per heavy atom. The second-order valence-electron chi connectivity index (χ2n) is 6.04. The molecule has 132 valence electrons. The van der Waals surface area contributed by atoms with E-state index < -0.39 is 0 Å². The number of hydrogen-bond acceptors (Lipinski definition) is 3. The molecule has 2 N–H and O–H groups in total. The van der Waals surface area contributed by atoms with Crippen molar-refractivity contribution in [2.75, 3.05) is 5.32 Å². The van der Waals surface area contributed by atoms with Crippen molar-refractivity contribution in [3.05, 3.63) is 65.4 Å². The van der Waals surface area contributed by atoms with Crippen LogP contribution >= 0.6 is 0 Å². The van der Waals surface area contributed by atoms with Crippen LogP contribution in [0.3, 0.4) is 0 Å². The summed E-state index contributed by atoms with van der Waals surface area (Å²) >= 11 is 0. The van der Waals surface area contributed by atoms with Crippen LogP contribution in [0.1, 0.15) is 28.5 Å². The molecule has 26 heavy (non-hydrogen) atoms. The largest absolute Gasteiger partial charge is 0.347 e. The van der Waals surface area contributed by atoms with Gasteiger partial charge in [-0.05, 0) is 31.2 Å². The smallest absolute Gasteiger partial charge is 0.271 e. The molecule has 6 nitrogen and oxygen atoms in total. The fraction of sp³-hybridized carbons (Fsp3) is 0.150. The molecule has 0 aliphatic heterocycles. The molecule has 2 amide bonds. The first-order valence-electron chi connectivity index (χ1n) is 8.22. The Balaban J connectivity index is 1.78. The Hall–Kier alpha value is -3.41. The second-order valence-corrected chi connectivity index (χ2v) is 6.04.